The molecular weight excluding hydrogens is 646 g/mol. The fourth-order valence-electron chi connectivity index (χ4n) is 4.00. The van der Waals surface area contributed by atoms with E-state index in [1.807, 2.05) is 32.0 Å². The van der Waals surface area contributed by atoms with Crippen LogP contribution in [-0.2, 0) is 14.4 Å². The highest BCUT2D eigenvalue weighted by molar-refractivity contribution is 9.10. The van der Waals surface area contributed by atoms with E-state index in [0.29, 0.717) is 33.8 Å². The van der Waals surface area contributed by atoms with Crippen LogP contribution in [0.2, 0.25) is 0 Å². The van der Waals surface area contributed by atoms with Gasteiger partial charge in [-0.25, -0.2) is 9.69 Å². The third kappa shape index (κ3) is 6.60. The monoisotopic (exact) mass is 669 g/mol. The van der Waals surface area contributed by atoms with E-state index in [-0.39, 0.29) is 23.8 Å². The van der Waals surface area contributed by atoms with Gasteiger partial charge in [-0.3, -0.25) is 19.7 Å². The third-order valence-corrected chi connectivity index (χ3v) is 6.95. The highest BCUT2D eigenvalue weighted by Gasteiger charge is 2.36. The molecule has 0 unspecified atom stereocenters. The maximum absolute atomic E-state index is 13.2. The van der Waals surface area contributed by atoms with Crippen molar-refractivity contribution in [1.82, 2.24) is 5.32 Å². The number of nitrogens with zero attached hydrogens (tertiary/aromatic N) is 1. The van der Waals surface area contributed by atoms with E-state index in [4.69, 9.17) is 9.47 Å². The van der Waals surface area contributed by atoms with Gasteiger partial charge in [0.25, 0.3) is 17.7 Å². The Bertz CT molecular complexity index is 1540. The predicted molar refractivity (Wildman–Crippen MR) is 158 cm³/mol. The number of imide groups is 2. The van der Waals surface area contributed by atoms with E-state index in [9.17, 15) is 19.2 Å². The molecule has 0 aromatic heterocycles. The van der Waals surface area contributed by atoms with Crippen molar-refractivity contribution >= 4 is 73.1 Å². The molecule has 1 saturated heterocycles. The second-order valence-corrected chi connectivity index (χ2v) is 10.6. The SMILES string of the molecule is CCOc1cc(/C=C2\C(=O)NC(=O)N(c3ccc(Br)cc3)C2=O)cc(Br)c1OCC(=O)Nc1ccc(C)cc1C. The van der Waals surface area contributed by atoms with Gasteiger partial charge in [0.1, 0.15) is 5.57 Å². The van der Waals surface area contributed by atoms with Crippen LogP contribution >= 0.6 is 31.9 Å². The van der Waals surface area contributed by atoms with Gasteiger partial charge in [-0.1, -0.05) is 33.6 Å². The largest absolute Gasteiger partial charge is 0.490 e. The number of carbonyl (C=O) groups is 4. The van der Waals surface area contributed by atoms with Crippen LogP contribution in [0.5, 0.6) is 11.5 Å². The Morgan fingerprint density at radius 3 is 2.40 bits per heavy atom. The van der Waals surface area contributed by atoms with Crippen molar-refractivity contribution in [1.29, 1.82) is 0 Å². The van der Waals surface area contributed by atoms with E-state index in [1.165, 1.54) is 6.08 Å². The molecule has 0 atom stereocenters. The van der Waals surface area contributed by atoms with Gasteiger partial charge in [0.05, 0.1) is 16.8 Å². The van der Waals surface area contributed by atoms with E-state index in [1.54, 1.807) is 43.3 Å². The van der Waals surface area contributed by atoms with E-state index in [2.05, 4.69) is 42.5 Å². The normalized spacial score (nSPS) is 14.3. The number of nitrogens with one attached hydrogen (secondary N) is 2. The minimum Gasteiger partial charge on any atom is -0.490 e. The van der Waals surface area contributed by atoms with Crippen molar-refractivity contribution in [3.63, 3.8) is 0 Å². The first-order valence-electron chi connectivity index (χ1n) is 12.2. The van der Waals surface area contributed by atoms with Crippen LogP contribution in [0.3, 0.4) is 0 Å². The number of anilines is 2. The summed E-state index contributed by atoms with van der Waals surface area (Å²) >= 11 is 6.76. The number of carbonyl (C=O) groups excluding carboxylic acids is 4. The topological polar surface area (TPSA) is 114 Å². The molecule has 1 aliphatic heterocycles. The van der Waals surface area contributed by atoms with Crippen molar-refractivity contribution < 1.29 is 28.7 Å². The van der Waals surface area contributed by atoms with Crippen molar-refractivity contribution in [2.75, 3.05) is 23.4 Å². The highest BCUT2D eigenvalue weighted by atomic mass is 79.9. The van der Waals surface area contributed by atoms with Crippen molar-refractivity contribution in [3.8, 4) is 11.5 Å². The maximum Gasteiger partial charge on any atom is 0.335 e. The van der Waals surface area contributed by atoms with Gasteiger partial charge in [-0.15, -0.1) is 0 Å². The number of urea groups is 1. The zero-order valence-electron chi connectivity index (χ0n) is 21.8. The van der Waals surface area contributed by atoms with Crippen LogP contribution in [-0.4, -0.2) is 37.0 Å². The number of rotatable bonds is 8. The lowest BCUT2D eigenvalue weighted by Gasteiger charge is -2.26. The minimum atomic E-state index is -0.839. The number of aryl methyl sites for hydroxylation is 2. The number of benzene rings is 3. The summed E-state index contributed by atoms with van der Waals surface area (Å²) < 4.78 is 12.7. The molecule has 2 N–H and O–H groups in total. The molecule has 206 valence electrons. The van der Waals surface area contributed by atoms with E-state index in [0.717, 1.165) is 20.5 Å². The summed E-state index contributed by atoms with van der Waals surface area (Å²) in [5.74, 6) is -1.36. The Labute approximate surface area is 247 Å². The van der Waals surface area contributed by atoms with Gasteiger partial charge in [0, 0.05) is 10.2 Å². The summed E-state index contributed by atoms with van der Waals surface area (Å²) in [6.07, 6.45) is 1.36. The first kappa shape index (κ1) is 29.0. The first-order valence-corrected chi connectivity index (χ1v) is 13.8. The van der Waals surface area contributed by atoms with Gasteiger partial charge < -0.3 is 14.8 Å². The zero-order valence-corrected chi connectivity index (χ0v) is 25.0. The molecule has 5 amide bonds. The lowest BCUT2D eigenvalue weighted by atomic mass is 10.1. The van der Waals surface area contributed by atoms with Gasteiger partial charge in [-0.05, 0) is 96.4 Å². The Balaban J connectivity index is 1.57. The summed E-state index contributed by atoms with van der Waals surface area (Å²) in [6.45, 7) is 5.68. The molecule has 9 nitrogen and oxygen atoms in total. The molecule has 3 aromatic rings. The smallest absolute Gasteiger partial charge is 0.335 e. The van der Waals surface area contributed by atoms with Crippen molar-refractivity contribution in [3.05, 3.63) is 85.8 Å². The van der Waals surface area contributed by atoms with E-state index >= 15 is 0 Å². The number of ether oxygens (including phenoxy) is 2. The highest BCUT2D eigenvalue weighted by Crippen LogP contribution is 2.38. The third-order valence-electron chi connectivity index (χ3n) is 5.83. The lowest BCUT2D eigenvalue weighted by molar-refractivity contribution is -0.122. The number of amides is 5. The summed E-state index contributed by atoms with van der Waals surface area (Å²) in [4.78, 5) is 51.8. The molecule has 0 radical (unpaired) electrons. The van der Waals surface area contributed by atoms with Crippen LogP contribution in [0.25, 0.3) is 6.08 Å². The van der Waals surface area contributed by atoms with E-state index < -0.39 is 17.8 Å². The van der Waals surface area contributed by atoms with Crippen LogP contribution in [0.1, 0.15) is 23.6 Å². The van der Waals surface area contributed by atoms with Crippen LogP contribution in [0.15, 0.2) is 69.1 Å². The summed E-state index contributed by atoms with van der Waals surface area (Å²) in [5.41, 5.74) is 3.22. The quantitative estimate of drug-likeness (QED) is 0.228. The molecule has 0 aliphatic carbocycles. The number of halogens is 2. The Kier molecular flexibility index (Phi) is 9.06. The number of hydrogen-bond donors (Lipinski definition) is 2. The van der Waals surface area contributed by atoms with Crippen LogP contribution < -0.4 is 25.0 Å². The molecule has 1 heterocycles. The summed E-state index contributed by atoms with van der Waals surface area (Å²) in [5, 5.41) is 5.04. The van der Waals surface area contributed by atoms with Gasteiger partial charge in [-0.2, -0.15) is 0 Å². The second kappa shape index (κ2) is 12.5. The number of hydrogen-bond acceptors (Lipinski definition) is 6. The van der Waals surface area contributed by atoms with Crippen molar-refractivity contribution in [2.45, 2.75) is 20.8 Å². The molecule has 1 aliphatic rings. The van der Waals surface area contributed by atoms with Gasteiger partial charge in [0.15, 0.2) is 18.1 Å². The zero-order chi connectivity index (χ0) is 29.0. The van der Waals surface area contributed by atoms with Gasteiger partial charge in [0.2, 0.25) is 0 Å². The van der Waals surface area contributed by atoms with Crippen molar-refractivity contribution in [2.24, 2.45) is 0 Å². The molecule has 40 heavy (non-hydrogen) atoms. The Morgan fingerprint density at radius 1 is 1.00 bits per heavy atom. The second-order valence-electron chi connectivity index (χ2n) is 8.85. The summed E-state index contributed by atoms with van der Waals surface area (Å²) in [7, 11) is 0. The summed E-state index contributed by atoms with van der Waals surface area (Å²) in [6, 6.07) is 14.6. The molecule has 11 heteroatoms. The molecule has 0 bridgehead atoms. The minimum absolute atomic E-state index is 0.238. The average Bonchev–Trinajstić information content (AvgIpc) is 2.89. The van der Waals surface area contributed by atoms with Crippen LogP contribution in [0, 0.1) is 13.8 Å². The number of barbiturate groups is 1. The Morgan fingerprint density at radius 2 is 1.73 bits per heavy atom. The average molecular weight is 671 g/mol. The van der Waals surface area contributed by atoms with Gasteiger partial charge >= 0.3 is 6.03 Å². The lowest BCUT2D eigenvalue weighted by Crippen LogP contribution is -2.54. The van der Waals surface area contributed by atoms with Crippen LogP contribution in [0.4, 0.5) is 16.2 Å². The molecule has 0 saturated carbocycles. The standard InChI is InChI=1S/C29H25Br2N3O6/c1-4-39-24-14-18(12-21-27(36)33-29(38)34(28(21)37)20-8-6-19(30)7-9-20)13-22(31)26(24)40-15-25(35)32-23-10-5-16(2)11-17(23)3/h5-14H,4,15H2,1-3H3,(H,32,35)(H,33,36,38)/b21-12+. The first-order chi connectivity index (χ1) is 19.1. The maximum atomic E-state index is 13.2. The fourth-order valence-corrected chi connectivity index (χ4v) is 4.84. The predicted octanol–water partition coefficient (Wildman–Crippen LogP) is 5.91. The molecular formula is C29H25Br2N3O6. The molecule has 1 fully saturated rings. The molecule has 0 spiro atoms. The molecule has 4 rings (SSSR count). The fraction of sp³-hybridized carbons (Fsp3) is 0.172. The Hall–Kier alpha value is -3.96. The molecule has 3 aromatic carbocycles.